The first-order chi connectivity index (χ1) is 13.3. The van der Waals surface area contributed by atoms with Crippen LogP contribution >= 0.6 is 15.9 Å². The number of aromatic nitrogens is 1. The highest BCUT2D eigenvalue weighted by Crippen LogP contribution is 2.28. The average molecular weight is 481 g/mol. The molecule has 0 saturated heterocycles. The van der Waals surface area contributed by atoms with E-state index in [2.05, 4.69) is 25.6 Å². The van der Waals surface area contributed by atoms with E-state index >= 15 is 0 Å². The Bertz CT molecular complexity index is 1170. The third kappa shape index (κ3) is 4.67. The van der Waals surface area contributed by atoms with E-state index in [0.717, 1.165) is 11.8 Å². The molecular formula is C19H17BrN2O4S2. The van der Waals surface area contributed by atoms with Gasteiger partial charge in [-0.3, -0.25) is 4.98 Å². The molecule has 3 aromatic rings. The van der Waals surface area contributed by atoms with Gasteiger partial charge in [0, 0.05) is 29.3 Å². The fourth-order valence-corrected chi connectivity index (χ4v) is 5.93. The number of sulfone groups is 1. The van der Waals surface area contributed by atoms with Crippen LogP contribution in [0.5, 0.6) is 0 Å². The van der Waals surface area contributed by atoms with E-state index in [4.69, 9.17) is 0 Å². The maximum Gasteiger partial charge on any atom is 0.241 e. The van der Waals surface area contributed by atoms with Gasteiger partial charge in [0.05, 0.1) is 14.7 Å². The molecule has 9 heteroatoms. The van der Waals surface area contributed by atoms with Crippen molar-refractivity contribution in [2.24, 2.45) is 0 Å². The van der Waals surface area contributed by atoms with Crippen LogP contribution in [0.25, 0.3) is 0 Å². The zero-order chi connectivity index (χ0) is 20.2. The predicted octanol–water partition coefficient (Wildman–Crippen LogP) is 3.20. The van der Waals surface area contributed by atoms with E-state index in [1.54, 1.807) is 36.5 Å². The Morgan fingerprint density at radius 1 is 0.857 bits per heavy atom. The molecule has 1 N–H and O–H groups in total. The molecule has 0 spiro atoms. The maximum absolute atomic E-state index is 12.8. The largest absolute Gasteiger partial charge is 0.261 e. The molecule has 0 atom stereocenters. The summed E-state index contributed by atoms with van der Waals surface area (Å²) >= 11 is 3.20. The van der Waals surface area contributed by atoms with Crippen molar-refractivity contribution in [2.45, 2.75) is 21.1 Å². The summed E-state index contributed by atoms with van der Waals surface area (Å²) in [4.78, 5) is 4.02. The summed E-state index contributed by atoms with van der Waals surface area (Å²) in [6, 6.07) is 17.2. The molecule has 2 aromatic carbocycles. The Labute approximate surface area is 172 Å². The third-order valence-corrected chi connectivity index (χ3v) is 8.18. The summed E-state index contributed by atoms with van der Waals surface area (Å²) in [5.41, 5.74) is 0.754. The molecule has 0 aliphatic heterocycles. The summed E-state index contributed by atoms with van der Waals surface area (Å²) in [6.07, 6.45) is 2.05. The first-order valence-electron chi connectivity index (χ1n) is 8.30. The Hall–Kier alpha value is -2.07. The summed E-state index contributed by atoms with van der Waals surface area (Å²) in [6.45, 7) is 0.140. The molecule has 1 aromatic heterocycles. The molecule has 0 aliphatic carbocycles. The van der Waals surface area contributed by atoms with Gasteiger partial charge in [0.1, 0.15) is 0 Å². The fourth-order valence-electron chi connectivity index (χ4n) is 2.53. The van der Waals surface area contributed by atoms with Gasteiger partial charge >= 0.3 is 0 Å². The number of halogens is 1. The minimum atomic E-state index is -3.92. The van der Waals surface area contributed by atoms with Crippen LogP contribution < -0.4 is 4.72 Å². The molecule has 0 bridgehead atoms. The topological polar surface area (TPSA) is 93.2 Å². The summed E-state index contributed by atoms with van der Waals surface area (Å²) in [5, 5.41) is 0. The molecule has 0 unspecified atom stereocenters. The van der Waals surface area contributed by atoms with Crippen molar-refractivity contribution in [2.75, 3.05) is 6.54 Å². The number of rotatable bonds is 7. The van der Waals surface area contributed by atoms with Crippen LogP contribution in [0.15, 0.2) is 92.1 Å². The molecule has 0 radical (unpaired) electrons. The van der Waals surface area contributed by atoms with Crippen molar-refractivity contribution in [3.63, 3.8) is 0 Å². The van der Waals surface area contributed by atoms with Crippen molar-refractivity contribution in [3.8, 4) is 0 Å². The van der Waals surface area contributed by atoms with E-state index in [9.17, 15) is 16.8 Å². The second-order valence-corrected chi connectivity index (χ2v) is 10.4. The van der Waals surface area contributed by atoms with Gasteiger partial charge in [-0.05, 0) is 58.4 Å². The van der Waals surface area contributed by atoms with Crippen molar-refractivity contribution >= 4 is 35.8 Å². The molecule has 0 fully saturated rings. The molecule has 0 amide bonds. The highest BCUT2D eigenvalue weighted by atomic mass is 79.9. The van der Waals surface area contributed by atoms with E-state index in [-0.39, 0.29) is 25.7 Å². The average Bonchev–Trinajstić information content (AvgIpc) is 2.69. The zero-order valence-electron chi connectivity index (χ0n) is 14.6. The number of nitrogens with zero attached hydrogens (tertiary/aromatic N) is 1. The highest BCUT2D eigenvalue weighted by molar-refractivity contribution is 9.10. The van der Waals surface area contributed by atoms with Gasteiger partial charge in [0.2, 0.25) is 19.9 Å². The van der Waals surface area contributed by atoms with Gasteiger partial charge in [0.25, 0.3) is 0 Å². The Balaban J connectivity index is 1.86. The molecule has 0 saturated carbocycles. The Morgan fingerprint density at radius 3 is 2.25 bits per heavy atom. The second kappa shape index (κ2) is 8.52. The second-order valence-electron chi connectivity index (χ2n) is 5.88. The molecule has 146 valence electrons. The molecule has 0 aliphatic rings. The van der Waals surface area contributed by atoms with Gasteiger partial charge in [-0.2, -0.15) is 0 Å². The normalized spacial score (nSPS) is 12.0. The number of hydrogen-bond acceptors (Lipinski definition) is 5. The van der Waals surface area contributed by atoms with E-state index < -0.39 is 19.9 Å². The number of benzene rings is 2. The first-order valence-corrected chi connectivity index (χ1v) is 12.1. The molecule has 1 heterocycles. The third-order valence-electron chi connectivity index (χ3n) is 3.96. The standard InChI is InChI=1S/C19H17BrN2O4S2/c20-18-10-9-17(27(23,24)16-7-2-1-3-8-16)14-19(18)28(25,26)22-13-11-15-6-4-5-12-21-15/h1-10,12,14,22H,11,13H2. The van der Waals surface area contributed by atoms with Crippen molar-refractivity contribution in [1.29, 1.82) is 0 Å². The van der Waals surface area contributed by atoms with Gasteiger partial charge < -0.3 is 0 Å². The van der Waals surface area contributed by atoms with E-state index in [1.807, 2.05) is 6.07 Å². The predicted molar refractivity (Wildman–Crippen MR) is 109 cm³/mol. The SMILES string of the molecule is O=S(=O)(NCCc1ccccn1)c1cc(S(=O)(=O)c2ccccc2)ccc1Br. The van der Waals surface area contributed by atoms with Crippen LogP contribution in [0, 0.1) is 0 Å². The number of pyridine rings is 1. The van der Waals surface area contributed by atoms with Crippen LogP contribution in [0.4, 0.5) is 0 Å². The lowest BCUT2D eigenvalue weighted by molar-refractivity contribution is 0.580. The maximum atomic E-state index is 12.8. The van der Waals surface area contributed by atoms with Crippen LogP contribution in [0.3, 0.4) is 0 Å². The number of sulfonamides is 1. The Morgan fingerprint density at radius 2 is 1.57 bits per heavy atom. The summed E-state index contributed by atoms with van der Waals surface area (Å²) in [5.74, 6) is 0. The minimum absolute atomic E-state index is 0.0907. The smallest absolute Gasteiger partial charge is 0.241 e. The van der Waals surface area contributed by atoms with Crippen LogP contribution in [0.1, 0.15) is 5.69 Å². The van der Waals surface area contributed by atoms with Gasteiger partial charge in [-0.25, -0.2) is 21.6 Å². The lowest BCUT2D eigenvalue weighted by Crippen LogP contribution is -2.26. The van der Waals surface area contributed by atoms with Crippen molar-refractivity contribution in [3.05, 3.63) is 83.1 Å². The Kier molecular flexibility index (Phi) is 6.29. The first kappa shape index (κ1) is 20.7. The van der Waals surface area contributed by atoms with Gasteiger partial charge in [-0.1, -0.05) is 24.3 Å². The number of nitrogens with one attached hydrogen (secondary N) is 1. The minimum Gasteiger partial charge on any atom is -0.261 e. The molecule has 3 rings (SSSR count). The zero-order valence-corrected chi connectivity index (χ0v) is 17.8. The summed E-state index contributed by atoms with van der Waals surface area (Å²) < 4.78 is 53.7. The monoisotopic (exact) mass is 480 g/mol. The molecule has 28 heavy (non-hydrogen) atoms. The van der Waals surface area contributed by atoms with Crippen molar-refractivity contribution < 1.29 is 16.8 Å². The van der Waals surface area contributed by atoms with E-state index in [1.165, 1.54) is 24.3 Å². The van der Waals surface area contributed by atoms with Crippen LogP contribution in [0.2, 0.25) is 0 Å². The van der Waals surface area contributed by atoms with Crippen LogP contribution in [-0.4, -0.2) is 28.4 Å². The van der Waals surface area contributed by atoms with Gasteiger partial charge in [-0.15, -0.1) is 0 Å². The lowest BCUT2D eigenvalue weighted by Gasteiger charge is -2.11. The molecular weight excluding hydrogens is 464 g/mol. The van der Waals surface area contributed by atoms with Gasteiger partial charge in [0.15, 0.2) is 0 Å². The fraction of sp³-hybridized carbons (Fsp3) is 0.105. The van der Waals surface area contributed by atoms with E-state index in [0.29, 0.717) is 6.42 Å². The molecule has 6 nitrogen and oxygen atoms in total. The summed E-state index contributed by atoms with van der Waals surface area (Å²) in [7, 11) is -7.74. The quantitative estimate of drug-likeness (QED) is 0.560. The van der Waals surface area contributed by atoms with Crippen molar-refractivity contribution in [1.82, 2.24) is 9.71 Å². The lowest BCUT2D eigenvalue weighted by atomic mass is 10.3. The highest BCUT2D eigenvalue weighted by Gasteiger charge is 2.23. The van der Waals surface area contributed by atoms with Crippen LogP contribution in [-0.2, 0) is 26.3 Å². The number of hydrogen-bond donors (Lipinski definition) is 1.